The molecular formula is C27H23FN2O4. The number of carbonyl (C=O) groups excluding carboxylic acids is 2. The van der Waals surface area contributed by atoms with Gasteiger partial charge in [-0.1, -0.05) is 18.7 Å². The number of hydrogen-bond acceptors (Lipinski definition) is 4. The Morgan fingerprint density at radius 3 is 2.50 bits per heavy atom. The largest absolute Gasteiger partial charge is 0.493 e. The Bertz CT molecular complexity index is 1390. The summed E-state index contributed by atoms with van der Waals surface area (Å²) in [4.78, 5) is 25.2. The molecule has 4 rings (SSSR count). The van der Waals surface area contributed by atoms with Gasteiger partial charge in [0.2, 0.25) is 0 Å². The highest BCUT2D eigenvalue weighted by Gasteiger charge is 2.24. The summed E-state index contributed by atoms with van der Waals surface area (Å²) in [5.74, 6) is -0.147. The quantitative estimate of drug-likeness (QED) is 0.381. The Balaban J connectivity index is 1.96. The summed E-state index contributed by atoms with van der Waals surface area (Å²) < 4.78 is 25.4. The van der Waals surface area contributed by atoms with Crippen LogP contribution in [0.5, 0.6) is 5.75 Å². The summed E-state index contributed by atoms with van der Waals surface area (Å²) in [6.07, 6.45) is 1.32. The Morgan fingerprint density at radius 1 is 1.06 bits per heavy atom. The van der Waals surface area contributed by atoms with Crippen molar-refractivity contribution in [2.45, 2.75) is 6.92 Å². The van der Waals surface area contributed by atoms with Gasteiger partial charge >= 0.3 is 0 Å². The minimum absolute atomic E-state index is 0.288. The monoisotopic (exact) mass is 458 g/mol. The van der Waals surface area contributed by atoms with E-state index >= 15 is 0 Å². The van der Waals surface area contributed by atoms with Crippen LogP contribution in [0.2, 0.25) is 0 Å². The van der Waals surface area contributed by atoms with Gasteiger partial charge in [-0.2, -0.15) is 0 Å². The molecule has 0 atom stereocenters. The van der Waals surface area contributed by atoms with Crippen molar-refractivity contribution in [2.24, 2.45) is 0 Å². The molecule has 0 aliphatic rings. The van der Waals surface area contributed by atoms with E-state index in [1.807, 2.05) is 19.1 Å². The maximum Gasteiger partial charge on any atom is 0.255 e. The van der Waals surface area contributed by atoms with Crippen LogP contribution >= 0.6 is 0 Å². The minimum atomic E-state index is -0.386. The second-order valence-electron chi connectivity index (χ2n) is 7.43. The van der Waals surface area contributed by atoms with Crippen molar-refractivity contribution in [3.63, 3.8) is 0 Å². The Labute approximate surface area is 196 Å². The summed E-state index contributed by atoms with van der Waals surface area (Å²) in [5.41, 5.74) is 3.22. The van der Waals surface area contributed by atoms with Gasteiger partial charge in [-0.25, -0.2) is 4.39 Å². The molecule has 1 aromatic heterocycles. The molecule has 172 valence electrons. The van der Waals surface area contributed by atoms with Gasteiger partial charge in [-0.15, -0.1) is 0 Å². The molecule has 0 bridgehead atoms. The molecule has 4 aromatic rings. The standard InChI is InChI=1S/C27H23FN2O4/c1-4-30-26(31)18-8-6-7-17(13-18)20-14-21-23(15-22(20)33-5-2)34-25(24(21)27(32)29-3)16-9-11-19(28)12-10-16/h4,6-15H,1,5H2,2-3H3,(H,29,32)(H,30,31). The van der Waals surface area contributed by atoms with Crippen LogP contribution in [0.4, 0.5) is 4.39 Å². The predicted molar refractivity (Wildman–Crippen MR) is 129 cm³/mol. The predicted octanol–water partition coefficient (Wildman–Crippen LogP) is 5.54. The molecule has 0 saturated carbocycles. The number of ether oxygens (including phenoxy) is 1. The minimum Gasteiger partial charge on any atom is -0.493 e. The average Bonchev–Trinajstić information content (AvgIpc) is 3.22. The van der Waals surface area contributed by atoms with Crippen molar-refractivity contribution in [1.82, 2.24) is 10.6 Å². The number of fused-ring (bicyclic) bond motifs is 1. The summed E-state index contributed by atoms with van der Waals surface area (Å²) in [6.45, 7) is 5.80. The second kappa shape index (κ2) is 9.62. The van der Waals surface area contributed by atoms with Crippen LogP contribution in [0.3, 0.4) is 0 Å². The number of benzene rings is 3. The zero-order valence-corrected chi connectivity index (χ0v) is 18.8. The summed E-state index contributed by atoms with van der Waals surface area (Å²) in [6, 6.07) is 16.3. The fourth-order valence-corrected chi connectivity index (χ4v) is 3.78. The molecule has 2 amide bonds. The van der Waals surface area contributed by atoms with Gasteiger partial charge in [0.1, 0.15) is 22.9 Å². The van der Waals surface area contributed by atoms with E-state index in [1.165, 1.54) is 25.4 Å². The number of rotatable bonds is 7. The van der Waals surface area contributed by atoms with Gasteiger partial charge in [-0.3, -0.25) is 9.59 Å². The lowest BCUT2D eigenvalue weighted by Gasteiger charge is -2.12. The van der Waals surface area contributed by atoms with Crippen LogP contribution in [-0.4, -0.2) is 25.5 Å². The molecule has 6 nitrogen and oxygen atoms in total. The third-order valence-electron chi connectivity index (χ3n) is 5.32. The zero-order valence-electron chi connectivity index (χ0n) is 18.8. The van der Waals surface area contributed by atoms with E-state index in [2.05, 4.69) is 17.2 Å². The normalized spacial score (nSPS) is 10.7. The van der Waals surface area contributed by atoms with E-state index in [4.69, 9.17) is 9.15 Å². The first kappa shape index (κ1) is 22.8. The van der Waals surface area contributed by atoms with Gasteiger partial charge in [0.15, 0.2) is 0 Å². The Morgan fingerprint density at radius 2 is 1.82 bits per heavy atom. The van der Waals surface area contributed by atoms with Crippen LogP contribution in [0.1, 0.15) is 27.6 Å². The van der Waals surface area contributed by atoms with Gasteiger partial charge in [-0.05, 0) is 61.2 Å². The first-order valence-electron chi connectivity index (χ1n) is 10.7. The van der Waals surface area contributed by atoms with Gasteiger partial charge in [0.05, 0.1) is 12.2 Å². The zero-order chi connectivity index (χ0) is 24.2. The molecule has 3 aromatic carbocycles. The van der Waals surface area contributed by atoms with E-state index in [1.54, 1.807) is 36.4 Å². The number of furan rings is 1. The Hall–Kier alpha value is -4.39. The average molecular weight is 458 g/mol. The first-order chi connectivity index (χ1) is 16.5. The van der Waals surface area contributed by atoms with Gasteiger partial charge in [0.25, 0.3) is 11.8 Å². The lowest BCUT2D eigenvalue weighted by atomic mass is 9.98. The van der Waals surface area contributed by atoms with E-state index in [0.717, 1.165) is 5.56 Å². The van der Waals surface area contributed by atoms with E-state index < -0.39 is 0 Å². The Kier molecular flexibility index (Phi) is 6.45. The fourth-order valence-electron chi connectivity index (χ4n) is 3.78. The van der Waals surface area contributed by atoms with Crippen LogP contribution in [0, 0.1) is 5.82 Å². The first-order valence-corrected chi connectivity index (χ1v) is 10.7. The molecular weight excluding hydrogens is 435 g/mol. The molecule has 7 heteroatoms. The summed E-state index contributed by atoms with van der Waals surface area (Å²) in [7, 11) is 1.53. The van der Waals surface area contributed by atoms with E-state index in [9.17, 15) is 14.0 Å². The molecule has 34 heavy (non-hydrogen) atoms. The van der Waals surface area contributed by atoms with Crippen molar-refractivity contribution in [1.29, 1.82) is 0 Å². The van der Waals surface area contributed by atoms with Crippen molar-refractivity contribution < 1.29 is 23.1 Å². The molecule has 0 aliphatic heterocycles. The highest BCUT2D eigenvalue weighted by Crippen LogP contribution is 2.40. The highest BCUT2D eigenvalue weighted by molar-refractivity contribution is 6.12. The highest BCUT2D eigenvalue weighted by atomic mass is 19.1. The molecule has 0 fully saturated rings. The lowest BCUT2D eigenvalue weighted by Crippen LogP contribution is -2.18. The van der Waals surface area contributed by atoms with Crippen LogP contribution < -0.4 is 15.4 Å². The molecule has 0 radical (unpaired) electrons. The SMILES string of the molecule is C=CNC(=O)c1cccc(-c2cc3c(C(=O)NC)c(-c4ccc(F)cc4)oc3cc2OCC)c1. The molecule has 1 heterocycles. The molecule has 0 saturated heterocycles. The number of nitrogens with one attached hydrogen (secondary N) is 2. The van der Waals surface area contributed by atoms with Crippen molar-refractivity contribution in [3.05, 3.63) is 90.4 Å². The summed E-state index contributed by atoms with van der Waals surface area (Å²) >= 11 is 0. The third-order valence-corrected chi connectivity index (χ3v) is 5.32. The van der Waals surface area contributed by atoms with Gasteiger partial charge in [0, 0.05) is 35.2 Å². The van der Waals surface area contributed by atoms with Crippen molar-refractivity contribution in [2.75, 3.05) is 13.7 Å². The van der Waals surface area contributed by atoms with Crippen molar-refractivity contribution in [3.8, 4) is 28.2 Å². The fraction of sp³-hybridized carbons (Fsp3) is 0.111. The van der Waals surface area contributed by atoms with Crippen LogP contribution in [0.25, 0.3) is 33.4 Å². The molecule has 0 spiro atoms. The van der Waals surface area contributed by atoms with E-state index in [-0.39, 0.29) is 17.6 Å². The number of amides is 2. The number of carbonyl (C=O) groups is 2. The van der Waals surface area contributed by atoms with Crippen LogP contribution in [0.15, 0.2) is 77.9 Å². The van der Waals surface area contributed by atoms with E-state index in [0.29, 0.717) is 51.3 Å². The van der Waals surface area contributed by atoms with Crippen molar-refractivity contribution >= 4 is 22.8 Å². The number of halogens is 1. The molecule has 0 unspecified atom stereocenters. The number of hydrogen-bond donors (Lipinski definition) is 2. The lowest BCUT2D eigenvalue weighted by molar-refractivity contribution is 0.0959. The summed E-state index contributed by atoms with van der Waals surface area (Å²) in [5, 5.41) is 5.79. The smallest absolute Gasteiger partial charge is 0.255 e. The third kappa shape index (κ3) is 4.28. The maximum absolute atomic E-state index is 13.5. The van der Waals surface area contributed by atoms with Crippen LogP contribution in [-0.2, 0) is 0 Å². The second-order valence-corrected chi connectivity index (χ2v) is 7.43. The molecule has 2 N–H and O–H groups in total. The van der Waals surface area contributed by atoms with Gasteiger partial charge < -0.3 is 19.8 Å². The topological polar surface area (TPSA) is 80.6 Å². The molecule has 0 aliphatic carbocycles. The maximum atomic E-state index is 13.5.